The fourth-order valence-electron chi connectivity index (χ4n) is 1.72. The maximum absolute atomic E-state index is 5.66. The van der Waals surface area contributed by atoms with Crippen molar-refractivity contribution in [2.75, 3.05) is 6.61 Å². The van der Waals surface area contributed by atoms with Crippen molar-refractivity contribution >= 4 is 23.1 Å². The monoisotopic (exact) mass is 214 g/mol. The molecule has 0 N–H and O–H groups in total. The molecule has 1 aliphatic heterocycles. The van der Waals surface area contributed by atoms with Gasteiger partial charge < -0.3 is 24.1 Å². The summed E-state index contributed by atoms with van der Waals surface area (Å²) in [4.78, 5) is 0. The maximum Gasteiger partial charge on any atom is 2.00 e. The zero-order valence-electron chi connectivity index (χ0n) is 8.60. The standard InChI is InChI=1S/C10H19O.ClH.Mg/c1-3-6-9(2)10-7-4-5-8-11-10;;/h9-10H,1,3-8H2,2H3;1H;/q-1;;+2/p-1. The van der Waals surface area contributed by atoms with Crippen molar-refractivity contribution in [2.45, 2.75) is 45.1 Å². The molecule has 2 unspecified atom stereocenters. The average Bonchev–Trinajstić information content (AvgIpc) is 2.07. The van der Waals surface area contributed by atoms with Gasteiger partial charge in [0, 0.05) is 6.61 Å². The van der Waals surface area contributed by atoms with E-state index >= 15 is 0 Å². The van der Waals surface area contributed by atoms with Crippen molar-refractivity contribution in [1.82, 2.24) is 0 Å². The van der Waals surface area contributed by atoms with Crippen LogP contribution >= 0.6 is 0 Å². The van der Waals surface area contributed by atoms with Crippen LogP contribution in [0.5, 0.6) is 0 Å². The van der Waals surface area contributed by atoms with Crippen molar-refractivity contribution in [1.29, 1.82) is 0 Å². The van der Waals surface area contributed by atoms with Crippen molar-refractivity contribution in [3.8, 4) is 0 Å². The Hall–Kier alpha value is 1.02. The Balaban J connectivity index is 0. The zero-order chi connectivity index (χ0) is 8.10. The predicted molar refractivity (Wildman–Crippen MR) is 53.1 cm³/mol. The first-order valence-electron chi connectivity index (χ1n) is 4.75. The molecule has 0 amide bonds. The molecule has 0 aromatic heterocycles. The Morgan fingerprint density at radius 1 is 1.46 bits per heavy atom. The normalized spacial score (nSPS) is 24.0. The summed E-state index contributed by atoms with van der Waals surface area (Å²) in [6.45, 7) is 7.12. The van der Waals surface area contributed by atoms with E-state index in [4.69, 9.17) is 4.74 Å². The SMILES string of the molecule is [CH2-]CCC(C)C1CCCCO1.[Cl-].[Mg+2]. The molecule has 0 bridgehead atoms. The third-order valence-electron chi connectivity index (χ3n) is 2.51. The molecule has 0 aromatic carbocycles. The summed E-state index contributed by atoms with van der Waals surface area (Å²) in [6.07, 6.45) is 6.66. The van der Waals surface area contributed by atoms with E-state index in [-0.39, 0.29) is 35.5 Å². The Bertz CT molecular complexity index is 105. The van der Waals surface area contributed by atoms with Crippen molar-refractivity contribution in [3.63, 3.8) is 0 Å². The summed E-state index contributed by atoms with van der Waals surface area (Å²) >= 11 is 0. The molecule has 74 valence electrons. The summed E-state index contributed by atoms with van der Waals surface area (Å²) < 4.78 is 5.66. The van der Waals surface area contributed by atoms with E-state index in [9.17, 15) is 0 Å². The molecule has 3 heteroatoms. The molecule has 1 heterocycles. The van der Waals surface area contributed by atoms with Crippen molar-refractivity contribution < 1.29 is 17.1 Å². The van der Waals surface area contributed by atoms with E-state index in [1.54, 1.807) is 0 Å². The van der Waals surface area contributed by atoms with Gasteiger partial charge in [-0.05, 0) is 25.2 Å². The van der Waals surface area contributed by atoms with Gasteiger partial charge in [-0.1, -0.05) is 13.3 Å². The third-order valence-corrected chi connectivity index (χ3v) is 2.51. The molecule has 0 aromatic rings. The first kappa shape index (κ1) is 16.4. The van der Waals surface area contributed by atoms with Gasteiger partial charge in [0.05, 0.1) is 6.10 Å². The Morgan fingerprint density at radius 3 is 2.62 bits per heavy atom. The van der Waals surface area contributed by atoms with Crippen LogP contribution in [-0.2, 0) is 4.74 Å². The second-order valence-corrected chi connectivity index (χ2v) is 3.52. The molecule has 1 aliphatic rings. The van der Waals surface area contributed by atoms with Gasteiger partial charge >= 0.3 is 23.1 Å². The van der Waals surface area contributed by atoms with Crippen LogP contribution in [0.1, 0.15) is 39.0 Å². The van der Waals surface area contributed by atoms with Crippen LogP contribution in [0.3, 0.4) is 0 Å². The molecule has 0 aliphatic carbocycles. The summed E-state index contributed by atoms with van der Waals surface area (Å²) in [6, 6.07) is 0. The predicted octanol–water partition coefficient (Wildman–Crippen LogP) is -0.571. The molecule has 0 radical (unpaired) electrons. The van der Waals surface area contributed by atoms with Crippen molar-refractivity contribution in [3.05, 3.63) is 6.92 Å². The van der Waals surface area contributed by atoms with Crippen LogP contribution in [0, 0.1) is 12.8 Å². The summed E-state index contributed by atoms with van der Waals surface area (Å²) in [5.41, 5.74) is 0. The quantitative estimate of drug-likeness (QED) is 0.452. The first-order chi connectivity index (χ1) is 5.34. The molecule has 0 saturated carbocycles. The van der Waals surface area contributed by atoms with E-state index in [1.165, 1.54) is 25.7 Å². The Kier molecular flexibility index (Phi) is 12.1. The molecule has 1 rings (SSSR count). The van der Waals surface area contributed by atoms with E-state index in [0.29, 0.717) is 12.0 Å². The average molecular weight is 215 g/mol. The second-order valence-electron chi connectivity index (χ2n) is 3.52. The van der Waals surface area contributed by atoms with Crippen LogP contribution < -0.4 is 12.4 Å². The number of ether oxygens (including phenoxy) is 1. The minimum Gasteiger partial charge on any atom is -1.00 e. The van der Waals surface area contributed by atoms with E-state index < -0.39 is 0 Å². The van der Waals surface area contributed by atoms with Gasteiger partial charge in [-0.2, -0.15) is 6.42 Å². The van der Waals surface area contributed by atoms with Gasteiger partial charge in [-0.15, -0.1) is 0 Å². The molecular formula is C10H19ClMgO. The largest absolute Gasteiger partial charge is 2.00 e. The number of hydrogen-bond donors (Lipinski definition) is 0. The van der Waals surface area contributed by atoms with Crippen LogP contribution in [0.15, 0.2) is 0 Å². The summed E-state index contributed by atoms with van der Waals surface area (Å²) in [7, 11) is 0. The van der Waals surface area contributed by atoms with Crippen molar-refractivity contribution in [2.24, 2.45) is 5.92 Å². The first-order valence-corrected chi connectivity index (χ1v) is 4.75. The fourth-order valence-corrected chi connectivity index (χ4v) is 1.72. The zero-order valence-corrected chi connectivity index (χ0v) is 10.8. The number of rotatable bonds is 3. The molecule has 0 spiro atoms. The van der Waals surface area contributed by atoms with Gasteiger partial charge in [-0.3, -0.25) is 0 Å². The van der Waals surface area contributed by atoms with Crippen LogP contribution in [0.4, 0.5) is 0 Å². The third kappa shape index (κ3) is 6.16. The van der Waals surface area contributed by atoms with Gasteiger partial charge in [-0.25, -0.2) is 0 Å². The van der Waals surface area contributed by atoms with Gasteiger partial charge in [0.1, 0.15) is 0 Å². The van der Waals surface area contributed by atoms with E-state index in [0.717, 1.165) is 13.0 Å². The van der Waals surface area contributed by atoms with E-state index in [1.807, 2.05) is 0 Å². The van der Waals surface area contributed by atoms with Gasteiger partial charge in [0.25, 0.3) is 0 Å². The molecule has 13 heavy (non-hydrogen) atoms. The molecule has 1 nitrogen and oxygen atoms in total. The smallest absolute Gasteiger partial charge is 1.00 e. The Morgan fingerprint density at radius 2 is 2.15 bits per heavy atom. The van der Waals surface area contributed by atoms with Gasteiger partial charge in [0.15, 0.2) is 0 Å². The second kappa shape index (κ2) is 9.57. The van der Waals surface area contributed by atoms with Gasteiger partial charge in [0.2, 0.25) is 0 Å². The minimum absolute atomic E-state index is 0. The molecule has 1 saturated heterocycles. The topological polar surface area (TPSA) is 9.23 Å². The Labute approximate surface area is 105 Å². The maximum atomic E-state index is 5.66. The molecule has 1 fully saturated rings. The summed E-state index contributed by atoms with van der Waals surface area (Å²) in [5.74, 6) is 0.716. The number of hydrogen-bond acceptors (Lipinski definition) is 1. The van der Waals surface area contributed by atoms with Crippen LogP contribution in [0.25, 0.3) is 0 Å². The van der Waals surface area contributed by atoms with E-state index in [2.05, 4.69) is 13.8 Å². The summed E-state index contributed by atoms with van der Waals surface area (Å²) in [5, 5.41) is 0. The molecular weight excluding hydrogens is 196 g/mol. The molecule has 2 atom stereocenters. The fraction of sp³-hybridized carbons (Fsp3) is 0.900. The minimum atomic E-state index is 0. The van der Waals surface area contributed by atoms with Crippen LogP contribution in [0.2, 0.25) is 0 Å². The number of halogens is 1. The van der Waals surface area contributed by atoms with Crippen LogP contribution in [-0.4, -0.2) is 35.8 Å².